The Labute approximate surface area is 115 Å². The molecule has 0 radical (unpaired) electrons. The lowest BCUT2D eigenvalue weighted by molar-refractivity contribution is -0.115. The second-order valence-corrected chi connectivity index (χ2v) is 4.97. The first-order chi connectivity index (χ1) is 8.86. The summed E-state index contributed by atoms with van der Waals surface area (Å²) in [6.45, 7) is 5.47. The van der Waals surface area contributed by atoms with Crippen LogP contribution in [0.1, 0.15) is 59.3 Å². The lowest BCUT2D eigenvalue weighted by Crippen LogP contribution is -2.13. The van der Waals surface area contributed by atoms with Crippen molar-refractivity contribution in [1.29, 1.82) is 0 Å². The Morgan fingerprint density at radius 2 is 1.47 bits per heavy atom. The second-order valence-electron chi connectivity index (χ2n) is 4.97. The minimum absolute atomic E-state index is 0.329. The SMILES string of the molecule is CC(=CCCCCCCC(C)=C(C)C(N)=O)C(N)=O. The molecule has 4 N–H and O–H groups in total. The van der Waals surface area contributed by atoms with E-state index in [2.05, 4.69) is 0 Å². The molecule has 0 aromatic heterocycles. The molecular formula is C15H26N2O2. The molecule has 0 aliphatic rings. The molecule has 0 aromatic rings. The maximum absolute atomic E-state index is 11.0. The van der Waals surface area contributed by atoms with Gasteiger partial charge in [-0.05, 0) is 46.5 Å². The van der Waals surface area contributed by atoms with E-state index in [1.54, 1.807) is 13.8 Å². The van der Waals surface area contributed by atoms with Gasteiger partial charge in [0.1, 0.15) is 0 Å². The molecule has 19 heavy (non-hydrogen) atoms. The first kappa shape index (κ1) is 17.4. The van der Waals surface area contributed by atoms with Gasteiger partial charge in [0.25, 0.3) is 0 Å². The predicted molar refractivity (Wildman–Crippen MR) is 78.2 cm³/mol. The van der Waals surface area contributed by atoms with Crippen molar-refractivity contribution in [2.75, 3.05) is 0 Å². The smallest absolute Gasteiger partial charge is 0.244 e. The first-order valence-electron chi connectivity index (χ1n) is 6.79. The molecule has 2 amide bonds. The molecule has 0 bridgehead atoms. The van der Waals surface area contributed by atoms with Crippen LogP contribution in [0.15, 0.2) is 22.8 Å². The normalized spacial score (nSPS) is 13.1. The third kappa shape index (κ3) is 8.19. The summed E-state index contributed by atoms with van der Waals surface area (Å²) >= 11 is 0. The van der Waals surface area contributed by atoms with E-state index in [0.717, 1.165) is 44.1 Å². The number of carbonyl (C=O) groups excluding carboxylic acids is 2. The minimum atomic E-state index is -0.345. The van der Waals surface area contributed by atoms with Gasteiger partial charge in [-0.1, -0.05) is 24.5 Å². The van der Waals surface area contributed by atoms with Crippen molar-refractivity contribution in [2.45, 2.75) is 59.3 Å². The molecular weight excluding hydrogens is 240 g/mol. The van der Waals surface area contributed by atoms with E-state index >= 15 is 0 Å². The average Bonchev–Trinajstić information content (AvgIpc) is 2.35. The molecule has 0 saturated heterocycles. The number of hydrogen-bond donors (Lipinski definition) is 2. The molecule has 0 aromatic carbocycles. The van der Waals surface area contributed by atoms with Gasteiger partial charge < -0.3 is 11.5 Å². The van der Waals surface area contributed by atoms with Crippen LogP contribution < -0.4 is 11.5 Å². The molecule has 0 unspecified atom stereocenters. The number of unbranched alkanes of at least 4 members (excludes halogenated alkanes) is 4. The maximum Gasteiger partial charge on any atom is 0.244 e. The van der Waals surface area contributed by atoms with E-state index in [1.807, 2.05) is 13.0 Å². The van der Waals surface area contributed by atoms with Crippen LogP contribution in [0, 0.1) is 0 Å². The van der Waals surface area contributed by atoms with Crippen LogP contribution in [0.2, 0.25) is 0 Å². The molecule has 0 heterocycles. The highest BCUT2D eigenvalue weighted by molar-refractivity contribution is 5.92. The Morgan fingerprint density at radius 1 is 0.895 bits per heavy atom. The van der Waals surface area contributed by atoms with E-state index in [9.17, 15) is 9.59 Å². The number of primary amides is 2. The van der Waals surface area contributed by atoms with E-state index in [1.165, 1.54) is 0 Å². The van der Waals surface area contributed by atoms with E-state index in [4.69, 9.17) is 11.5 Å². The van der Waals surface area contributed by atoms with Crippen LogP contribution in [-0.4, -0.2) is 11.8 Å². The van der Waals surface area contributed by atoms with Crippen molar-refractivity contribution in [2.24, 2.45) is 11.5 Å². The molecule has 0 spiro atoms. The predicted octanol–water partition coefficient (Wildman–Crippen LogP) is 2.58. The van der Waals surface area contributed by atoms with Crippen LogP contribution in [0.4, 0.5) is 0 Å². The Bertz CT molecular complexity index is 382. The molecule has 0 aliphatic carbocycles. The quantitative estimate of drug-likeness (QED) is 0.496. The van der Waals surface area contributed by atoms with Gasteiger partial charge in [-0.3, -0.25) is 9.59 Å². The summed E-state index contributed by atoms with van der Waals surface area (Å²) in [6.07, 6.45) is 8.06. The number of carbonyl (C=O) groups is 2. The fourth-order valence-electron chi connectivity index (χ4n) is 1.71. The molecule has 108 valence electrons. The zero-order valence-corrected chi connectivity index (χ0v) is 12.3. The number of hydrogen-bond acceptors (Lipinski definition) is 2. The van der Waals surface area contributed by atoms with Gasteiger partial charge in [0.15, 0.2) is 0 Å². The van der Waals surface area contributed by atoms with Crippen LogP contribution in [0.3, 0.4) is 0 Å². The second kappa shape index (κ2) is 9.36. The largest absolute Gasteiger partial charge is 0.366 e. The van der Waals surface area contributed by atoms with Crippen molar-refractivity contribution >= 4 is 11.8 Å². The summed E-state index contributed by atoms with van der Waals surface area (Å²) in [4.78, 5) is 21.7. The minimum Gasteiger partial charge on any atom is -0.366 e. The summed E-state index contributed by atoms with van der Waals surface area (Å²) in [5.74, 6) is -0.674. The average molecular weight is 266 g/mol. The van der Waals surface area contributed by atoms with Crippen molar-refractivity contribution < 1.29 is 9.59 Å². The Morgan fingerprint density at radius 3 is 2.00 bits per heavy atom. The molecule has 0 atom stereocenters. The number of amides is 2. The monoisotopic (exact) mass is 266 g/mol. The molecule has 0 fully saturated rings. The summed E-state index contributed by atoms with van der Waals surface area (Å²) in [6, 6.07) is 0. The van der Waals surface area contributed by atoms with Crippen molar-refractivity contribution in [3.8, 4) is 0 Å². The highest BCUT2D eigenvalue weighted by Crippen LogP contribution is 2.14. The van der Waals surface area contributed by atoms with Gasteiger partial charge in [-0.2, -0.15) is 0 Å². The van der Waals surface area contributed by atoms with E-state index < -0.39 is 0 Å². The van der Waals surface area contributed by atoms with Crippen LogP contribution in [0.5, 0.6) is 0 Å². The number of nitrogens with two attached hydrogens (primary N) is 2. The Kier molecular flexibility index (Phi) is 8.58. The van der Waals surface area contributed by atoms with Gasteiger partial charge in [0, 0.05) is 11.1 Å². The van der Waals surface area contributed by atoms with Gasteiger partial charge in [-0.25, -0.2) is 0 Å². The fourth-order valence-corrected chi connectivity index (χ4v) is 1.71. The topological polar surface area (TPSA) is 86.2 Å². The van der Waals surface area contributed by atoms with Crippen LogP contribution >= 0.6 is 0 Å². The highest BCUT2D eigenvalue weighted by atomic mass is 16.1. The highest BCUT2D eigenvalue weighted by Gasteiger charge is 2.02. The zero-order valence-electron chi connectivity index (χ0n) is 12.3. The number of rotatable bonds is 9. The maximum atomic E-state index is 11.0. The summed E-state index contributed by atoms with van der Waals surface area (Å²) in [5, 5.41) is 0. The lowest BCUT2D eigenvalue weighted by atomic mass is 10.0. The molecule has 4 heteroatoms. The van der Waals surface area contributed by atoms with E-state index in [0.29, 0.717) is 11.1 Å². The summed E-state index contributed by atoms with van der Waals surface area (Å²) in [5.41, 5.74) is 12.7. The first-order valence-corrected chi connectivity index (χ1v) is 6.79. The molecule has 4 nitrogen and oxygen atoms in total. The van der Waals surface area contributed by atoms with Crippen molar-refractivity contribution in [3.63, 3.8) is 0 Å². The van der Waals surface area contributed by atoms with Crippen LogP contribution in [-0.2, 0) is 9.59 Å². The molecule has 0 aliphatic heterocycles. The van der Waals surface area contributed by atoms with Gasteiger partial charge in [0.05, 0.1) is 0 Å². The Hall–Kier alpha value is -1.58. The zero-order chi connectivity index (χ0) is 14.8. The third-order valence-corrected chi connectivity index (χ3v) is 3.35. The number of allylic oxidation sites excluding steroid dienone is 2. The van der Waals surface area contributed by atoms with Gasteiger partial charge in [-0.15, -0.1) is 0 Å². The van der Waals surface area contributed by atoms with Crippen LogP contribution in [0.25, 0.3) is 0 Å². The van der Waals surface area contributed by atoms with Crippen molar-refractivity contribution in [3.05, 3.63) is 22.8 Å². The standard InChI is InChI=1S/C15H26N2O2/c1-11(13(3)15(17)19)9-7-5-4-6-8-10-12(2)14(16)18/h10H,4-9H2,1-3H3,(H2,16,18)(H2,17,19). The molecule has 0 rings (SSSR count). The fraction of sp³-hybridized carbons (Fsp3) is 0.600. The molecule has 0 saturated carbocycles. The summed E-state index contributed by atoms with van der Waals surface area (Å²) < 4.78 is 0. The Balaban J connectivity index is 3.73. The van der Waals surface area contributed by atoms with Gasteiger partial charge >= 0.3 is 0 Å². The summed E-state index contributed by atoms with van der Waals surface area (Å²) in [7, 11) is 0. The lowest BCUT2D eigenvalue weighted by Gasteiger charge is -2.04. The van der Waals surface area contributed by atoms with E-state index in [-0.39, 0.29) is 11.8 Å². The third-order valence-electron chi connectivity index (χ3n) is 3.35. The van der Waals surface area contributed by atoms with Crippen molar-refractivity contribution in [1.82, 2.24) is 0 Å². The van der Waals surface area contributed by atoms with Gasteiger partial charge in [0.2, 0.25) is 11.8 Å².